The summed E-state index contributed by atoms with van der Waals surface area (Å²) in [5.74, 6) is -0.507. The summed E-state index contributed by atoms with van der Waals surface area (Å²) in [6.07, 6.45) is 0. The molecule has 0 bridgehead atoms. The molecule has 1 amide bonds. The van der Waals surface area contributed by atoms with Crippen LogP contribution in [-0.4, -0.2) is 55.0 Å². The molecule has 1 aliphatic heterocycles. The molecule has 19 heavy (non-hydrogen) atoms. The Morgan fingerprint density at radius 1 is 1.47 bits per heavy atom. The number of halogens is 1. The van der Waals surface area contributed by atoms with Crippen molar-refractivity contribution in [3.8, 4) is 0 Å². The Labute approximate surface area is 113 Å². The summed E-state index contributed by atoms with van der Waals surface area (Å²) in [6.45, 7) is 4.45. The molecule has 1 saturated heterocycles. The van der Waals surface area contributed by atoms with Crippen LogP contribution in [0.3, 0.4) is 0 Å². The zero-order valence-corrected chi connectivity index (χ0v) is 11.4. The molecule has 2 rings (SSSR count). The molecule has 1 atom stereocenters. The van der Waals surface area contributed by atoms with E-state index in [1.807, 2.05) is 14.0 Å². The van der Waals surface area contributed by atoms with Gasteiger partial charge < -0.3 is 15.5 Å². The number of nitrogens with two attached hydrogens (primary N) is 1. The van der Waals surface area contributed by atoms with Gasteiger partial charge in [-0.05, 0) is 31.7 Å². The minimum atomic E-state index is -0.382. The van der Waals surface area contributed by atoms with E-state index in [4.69, 9.17) is 5.73 Å². The fourth-order valence-corrected chi connectivity index (χ4v) is 2.46. The molecule has 1 aromatic carbocycles. The smallest absolute Gasteiger partial charge is 0.254 e. The number of hydrogen-bond donors (Lipinski definition) is 1. The summed E-state index contributed by atoms with van der Waals surface area (Å²) >= 11 is 0. The van der Waals surface area contributed by atoms with Gasteiger partial charge in [-0.3, -0.25) is 4.79 Å². The standard InChI is InChI=1S/C14H20FN3O/c1-10-3-4-11(15)7-13(10)14(19)18-6-5-17(2)9-12(18)8-16/h3-4,7,12H,5-6,8-9,16H2,1-2H3. The molecule has 5 heteroatoms. The topological polar surface area (TPSA) is 49.6 Å². The van der Waals surface area contributed by atoms with Crippen LogP contribution in [0.15, 0.2) is 18.2 Å². The van der Waals surface area contributed by atoms with Crippen molar-refractivity contribution in [3.05, 3.63) is 35.1 Å². The highest BCUT2D eigenvalue weighted by Crippen LogP contribution is 2.17. The van der Waals surface area contributed by atoms with Gasteiger partial charge in [0.2, 0.25) is 0 Å². The molecule has 0 aromatic heterocycles. The van der Waals surface area contributed by atoms with Crippen LogP contribution in [0.1, 0.15) is 15.9 Å². The lowest BCUT2D eigenvalue weighted by Crippen LogP contribution is -2.56. The van der Waals surface area contributed by atoms with E-state index in [0.29, 0.717) is 18.7 Å². The quantitative estimate of drug-likeness (QED) is 0.862. The van der Waals surface area contributed by atoms with Crippen molar-refractivity contribution < 1.29 is 9.18 Å². The Morgan fingerprint density at radius 3 is 2.89 bits per heavy atom. The fraction of sp³-hybridized carbons (Fsp3) is 0.500. The lowest BCUT2D eigenvalue weighted by Gasteiger charge is -2.39. The first-order valence-electron chi connectivity index (χ1n) is 6.48. The third-order valence-electron chi connectivity index (χ3n) is 3.65. The molecule has 1 heterocycles. The van der Waals surface area contributed by atoms with E-state index in [-0.39, 0.29) is 17.8 Å². The molecule has 2 N–H and O–H groups in total. The molecular weight excluding hydrogens is 245 g/mol. The number of likely N-dealkylation sites (N-methyl/N-ethyl adjacent to an activating group) is 1. The summed E-state index contributed by atoms with van der Waals surface area (Å²) in [5.41, 5.74) is 6.97. The van der Waals surface area contributed by atoms with Crippen molar-refractivity contribution in [3.63, 3.8) is 0 Å². The Morgan fingerprint density at radius 2 is 2.21 bits per heavy atom. The van der Waals surface area contributed by atoms with Gasteiger partial charge in [-0.1, -0.05) is 6.07 Å². The Balaban J connectivity index is 2.25. The lowest BCUT2D eigenvalue weighted by molar-refractivity contribution is 0.0515. The van der Waals surface area contributed by atoms with E-state index < -0.39 is 0 Å². The number of piperazine rings is 1. The van der Waals surface area contributed by atoms with Crippen molar-refractivity contribution in [2.24, 2.45) is 5.73 Å². The predicted molar refractivity (Wildman–Crippen MR) is 72.5 cm³/mol. The molecule has 104 valence electrons. The number of carbonyl (C=O) groups is 1. The largest absolute Gasteiger partial charge is 0.332 e. The van der Waals surface area contributed by atoms with Crippen LogP contribution in [0.2, 0.25) is 0 Å². The van der Waals surface area contributed by atoms with E-state index in [1.165, 1.54) is 12.1 Å². The first-order valence-corrected chi connectivity index (χ1v) is 6.48. The van der Waals surface area contributed by atoms with Crippen LogP contribution >= 0.6 is 0 Å². The van der Waals surface area contributed by atoms with E-state index >= 15 is 0 Å². The second-order valence-corrected chi connectivity index (χ2v) is 5.11. The van der Waals surface area contributed by atoms with E-state index in [1.54, 1.807) is 11.0 Å². The van der Waals surface area contributed by atoms with Crippen LogP contribution < -0.4 is 5.73 Å². The molecule has 1 unspecified atom stereocenters. The highest BCUT2D eigenvalue weighted by Gasteiger charge is 2.29. The SMILES string of the molecule is Cc1ccc(F)cc1C(=O)N1CCN(C)CC1CN. The molecule has 1 aromatic rings. The van der Waals surface area contributed by atoms with Gasteiger partial charge in [0.25, 0.3) is 5.91 Å². The van der Waals surface area contributed by atoms with Crippen LogP contribution in [0.5, 0.6) is 0 Å². The number of nitrogens with zero attached hydrogens (tertiary/aromatic N) is 2. The summed E-state index contributed by atoms with van der Waals surface area (Å²) < 4.78 is 13.3. The zero-order chi connectivity index (χ0) is 14.0. The minimum Gasteiger partial charge on any atom is -0.332 e. The molecule has 0 aliphatic carbocycles. The van der Waals surface area contributed by atoms with E-state index in [0.717, 1.165) is 18.7 Å². The molecule has 4 nitrogen and oxygen atoms in total. The minimum absolute atomic E-state index is 0.00563. The lowest BCUT2D eigenvalue weighted by atomic mass is 10.0. The number of carbonyl (C=O) groups excluding carboxylic acids is 1. The molecule has 0 radical (unpaired) electrons. The maximum absolute atomic E-state index is 13.3. The van der Waals surface area contributed by atoms with Gasteiger partial charge in [0.05, 0.1) is 6.04 Å². The van der Waals surface area contributed by atoms with E-state index in [9.17, 15) is 9.18 Å². The van der Waals surface area contributed by atoms with Gasteiger partial charge in [0, 0.05) is 31.7 Å². The van der Waals surface area contributed by atoms with Crippen molar-refractivity contribution in [2.45, 2.75) is 13.0 Å². The molecular formula is C14H20FN3O. The van der Waals surface area contributed by atoms with Gasteiger partial charge in [0.1, 0.15) is 5.82 Å². The van der Waals surface area contributed by atoms with Gasteiger partial charge in [-0.15, -0.1) is 0 Å². The van der Waals surface area contributed by atoms with Crippen molar-refractivity contribution in [1.82, 2.24) is 9.80 Å². The van der Waals surface area contributed by atoms with Gasteiger partial charge >= 0.3 is 0 Å². The summed E-state index contributed by atoms with van der Waals surface area (Å²) in [6, 6.07) is 4.31. The summed E-state index contributed by atoms with van der Waals surface area (Å²) in [7, 11) is 2.01. The van der Waals surface area contributed by atoms with Gasteiger partial charge in [-0.2, -0.15) is 0 Å². The van der Waals surface area contributed by atoms with Crippen LogP contribution in [0.25, 0.3) is 0 Å². The Bertz CT molecular complexity index is 478. The fourth-order valence-electron chi connectivity index (χ4n) is 2.46. The van der Waals surface area contributed by atoms with Crippen LogP contribution in [0, 0.1) is 12.7 Å². The van der Waals surface area contributed by atoms with Crippen molar-refractivity contribution >= 4 is 5.91 Å². The van der Waals surface area contributed by atoms with E-state index in [2.05, 4.69) is 4.90 Å². The normalized spacial score (nSPS) is 20.6. The van der Waals surface area contributed by atoms with Crippen LogP contribution in [0.4, 0.5) is 4.39 Å². The zero-order valence-electron chi connectivity index (χ0n) is 11.4. The number of rotatable bonds is 2. The molecule has 1 fully saturated rings. The first kappa shape index (κ1) is 14.0. The number of amides is 1. The monoisotopic (exact) mass is 265 g/mol. The average molecular weight is 265 g/mol. The van der Waals surface area contributed by atoms with Crippen molar-refractivity contribution in [2.75, 3.05) is 33.2 Å². The average Bonchev–Trinajstić information content (AvgIpc) is 2.40. The Hall–Kier alpha value is -1.46. The molecule has 1 aliphatic rings. The maximum Gasteiger partial charge on any atom is 0.254 e. The predicted octanol–water partition coefficient (Wildman–Crippen LogP) is 0.849. The molecule has 0 spiro atoms. The summed E-state index contributed by atoms with van der Waals surface area (Å²) in [4.78, 5) is 16.5. The highest BCUT2D eigenvalue weighted by molar-refractivity contribution is 5.96. The number of hydrogen-bond acceptors (Lipinski definition) is 3. The summed E-state index contributed by atoms with van der Waals surface area (Å²) in [5, 5.41) is 0. The first-order chi connectivity index (χ1) is 9.02. The third-order valence-corrected chi connectivity index (χ3v) is 3.65. The molecule has 0 saturated carbocycles. The van der Waals surface area contributed by atoms with Gasteiger partial charge in [0.15, 0.2) is 0 Å². The van der Waals surface area contributed by atoms with Gasteiger partial charge in [-0.25, -0.2) is 4.39 Å². The Kier molecular flexibility index (Phi) is 4.17. The maximum atomic E-state index is 13.3. The number of aryl methyl sites for hydroxylation is 1. The highest BCUT2D eigenvalue weighted by atomic mass is 19.1. The second kappa shape index (κ2) is 5.67. The van der Waals surface area contributed by atoms with Crippen LogP contribution in [-0.2, 0) is 0 Å². The number of benzene rings is 1. The second-order valence-electron chi connectivity index (χ2n) is 5.11. The van der Waals surface area contributed by atoms with Crippen molar-refractivity contribution in [1.29, 1.82) is 0 Å². The third kappa shape index (κ3) is 2.93.